The van der Waals surface area contributed by atoms with E-state index >= 15 is 0 Å². The normalized spacial score (nSPS) is 18.7. The van der Waals surface area contributed by atoms with Crippen LogP contribution in [-0.2, 0) is 4.79 Å². The summed E-state index contributed by atoms with van der Waals surface area (Å²) in [6.45, 7) is -0.299. The molecule has 1 atom stereocenters. The number of carbonyl (C=O) groups is 1. The number of nitrogens with one attached hydrogen (secondary N) is 1. The SMILES string of the molecule is O=C(CC1(O)CCCCC1)NCC(O)c1c(F)cccc1F. The number of hydrogen-bond donors (Lipinski definition) is 3. The summed E-state index contributed by atoms with van der Waals surface area (Å²) < 4.78 is 27.0. The fraction of sp³-hybridized carbons (Fsp3) is 0.562. The van der Waals surface area contributed by atoms with E-state index in [1.807, 2.05) is 0 Å². The molecule has 1 amide bonds. The number of halogens is 2. The lowest BCUT2D eigenvalue weighted by molar-refractivity contribution is -0.127. The summed E-state index contributed by atoms with van der Waals surface area (Å²) in [7, 11) is 0. The fourth-order valence-corrected chi connectivity index (χ4v) is 2.89. The molecule has 0 aliphatic heterocycles. The lowest BCUT2D eigenvalue weighted by Crippen LogP contribution is -2.39. The van der Waals surface area contributed by atoms with E-state index in [2.05, 4.69) is 5.32 Å². The van der Waals surface area contributed by atoms with Gasteiger partial charge < -0.3 is 15.5 Å². The summed E-state index contributed by atoms with van der Waals surface area (Å²) in [6, 6.07) is 3.31. The number of aliphatic hydroxyl groups is 2. The Hall–Kier alpha value is -1.53. The third-order valence-corrected chi connectivity index (χ3v) is 4.10. The zero-order chi connectivity index (χ0) is 16.2. The van der Waals surface area contributed by atoms with Gasteiger partial charge in [0.2, 0.25) is 5.91 Å². The zero-order valence-corrected chi connectivity index (χ0v) is 12.3. The van der Waals surface area contributed by atoms with Gasteiger partial charge in [0, 0.05) is 6.54 Å². The van der Waals surface area contributed by atoms with Gasteiger partial charge in [-0.2, -0.15) is 0 Å². The van der Waals surface area contributed by atoms with Crippen molar-refractivity contribution in [1.82, 2.24) is 5.32 Å². The molecule has 22 heavy (non-hydrogen) atoms. The van der Waals surface area contributed by atoms with E-state index in [0.717, 1.165) is 31.4 Å². The quantitative estimate of drug-likeness (QED) is 0.780. The molecule has 1 fully saturated rings. The zero-order valence-electron chi connectivity index (χ0n) is 12.3. The predicted molar refractivity (Wildman–Crippen MR) is 77.0 cm³/mol. The van der Waals surface area contributed by atoms with Gasteiger partial charge in [0.1, 0.15) is 17.7 Å². The topological polar surface area (TPSA) is 69.6 Å². The van der Waals surface area contributed by atoms with Crippen LogP contribution in [0.5, 0.6) is 0 Å². The molecule has 1 unspecified atom stereocenters. The highest BCUT2D eigenvalue weighted by atomic mass is 19.1. The summed E-state index contributed by atoms with van der Waals surface area (Å²) in [5, 5.41) is 22.5. The minimum absolute atomic E-state index is 0.0561. The standard InChI is InChI=1S/C16H21F2NO3/c17-11-5-4-6-12(18)15(11)13(20)10-19-14(21)9-16(22)7-2-1-3-8-16/h4-6,13,20,22H,1-3,7-10H2,(H,19,21). The first-order valence-corrected chi connectivity index (χ1v) is 7.52. The van der Waals surface area contributed by atoms with Crippen LogP contribution in [-0.4, -0.2) is 28.3 Å². The Kier molecular flexibility index (Phi) is 5.47. The van der Waals surface area contributed by atoms with E-state index in [1.165, 1.54) is 6.07 Å². The summed E-state index contributed by atoms with van der Waals surface area (Å²) in [6.07, 6.45) is 2.44. The molecule has 1 saturated carbocycles. The Labute approximate surface area is 128 Å². The van der Waals surface area contributed by atoms with Gasteiger partial charge in [0.25, 0.3) is 0 Å². The van der Waals surface area contributed by atoms with Crippen molar-refractivity contribution in [3.8, 4) is 0 Å². The van der Waals surface area contributed by atoms with Gasteiger partial charge in [-0.05, 0) is 25.0 Å². The molecule has 122 valence electrons. The maximum absolute atomic E-state index is 13.5. The van der Waals surface area contributed by atoms with Crippen LogP contribution >= 0.6 is 0 Å². The van der Waals surface area contributed by atoms with Crippen molar-refractivity contribution in [2.75, 3.05) is 6.54 Å². The van der Waals surface area contributed by atoms with Gasteiger partial charge in [-0.25, -0.2) is 8.78 Å². The molecule has 0 bridgehead atoms. The third kappa shape index (κ3) is 4.24. The van der Waals surface area contributed by atoms with Crippen molar-refractivity contribution in [2.45, 2.75) is 50.2 Å². The second-order valence-electron chi connectivity index (χ2n) is 5.92. The Balaban J connectivity index is 1.88. The molecule has 3 N–H and O–H groups in total. The molecule has 0 spiro atoms. The highest BCUT2D eigenvalue weighted by molar-refractivity contribution is 5.77. The van der Waals surface area contributed by atoms with Crippen molar-refractivity contribution in [2.24, 2.45) is 0 Å². The first-order chi connectivity index (χ1) is 10.4. The lowest BCUT2D eigenvalue weighted by Gasteiger charge is -2.31. The van der Waals surface area contributed by atoms with Crippen molar-refractivity contribution < 1.29 is 23.8 Å². The average molecular weight is 313 g/mol. The van der Waals surface area contributed by atoms with Crippen LogP contribution in [0.1, 0.15) is 50.2 Å². The molecule has 1 aliphatic rings. The van der Waals surface area contributed by atoms with E-state index in [0.29, 0.717) is 12.8 Å². The summed E-state index contributed by atoms with van der Waals surface area (Å²) >= 11 is 0. The summed E-state index contributed by atoms with van der Waals surface area (Å²) in [5.74, 6) is -2.14. The minimum Gasteiger partial charge on any atom is -0.389 e. The van der Waals surface area contributed by atoms with Crippen molar-refractivity contribution in [3.05, 3.63) is 35.4 Å². The highest BCUT2D eigenvalue weighted by Gasteiger charge is 2.31. The molecule has 6 heteroatoms. The Bertz CT molecular complexity index is 510. The van der Waals surface area contributed by atoms with Crippen LogP contribution in [0.4, 0.5) is 8.78 Å². The van der Waals surface area contributed by atoms with Crippen molar-refractivity contribution in [1.29, 1.82) is 0 Å². The monoisotopic (exact) mass is 313 g/mol. The minimum atomic E-state index is -1.47. The van der Waals surface area contributed by atoms with Crippen LogP contribution in [0.25, 0.3) is 0 Å². The predicted octanol–water partition coefficient (Wildman–Crippen LogP) is 2.20. The van der Waals surface area contributed by atoms with E-state index in [-0.39, 0.29) is 13.0 Å². The van der Waals surface area contributed by atoms with Crippen molar-refractivity contribution in [3.63, 3.8) is 0 Å². The van der Waals surface area contributed by atoms with Gasteiger partial charge in [0.15, 0.2) is 0 Å². The molecular weight excluding hydrogens is 292 g/mol. The molecule has 1 aromatic rings. The number of amides is 1. The summed E-state index contributed by atoms with van der Waals surface area (Å²) in [5.41, 5.74) is -1.46. The molecular formula is C16H21F2NO3. The molecule has 2 rings (SSSR count). The average Bonchev–Trinajstić information content (AvgIpc) is 2.45. The molecule has 0 aromatic heterocycles. The van der Waals surface area contributed by atoms with E-state index in [9.17, 15) is 23.8 Å². The highest BCUT2D eigenvalue weighted by Crippen LogP contribution is 2.30. The molecule has 1 aromatic carbocycles. The largest absolute Gasteiger partial charge is 0.389 e. The van der Waals surface area contributed by atoms with Gasteiger partial charge >= 0.3 is 0 Å². The summed E-state index contributed by atoms with van der Waals surface area (Å²) in [4.78, 5) is 11.9. The van der Waals surface area contributed by atoms with Gasteiger partial charge in [0.05, 0.1) is 17.6 Å². The lowest BCUT2D eigenvalue weighted by atomic mass is 9.82. The van der Waals surface area contributed by atoms with Crippen molar-refractivity contribution >= 4 is 5.91 Å². The molecule has 0 radical (unpaired) electrons. The molecule has 0 saturated heterocycles. The fourth-order valence-electron chi connectivity index (χ4n) is 2.89. The van der Waals surface area contributed by atoms with Crippen LogP contribution in [0.2, 0.25) is 0 Å². The number of carbonyl (C=O) groups excluding carboxylic acids is 1. The van der Waals surface area contributed by atoms with Crippen LogP contribution < -0.4 is 5.32 Å². The van der Waals surface area contributed by atoms with Crippen LogP contribution in [0, 0.1) is 11.6 Å². The van der Waals surface area contributed by atoms with E-state index in [1.54, 1.807) is 0 Å². The Morgan fingerprint density at radius 1 is 1.23 bits per heavy atom. The Morgan fingerprint density at radius 2 is 1.82 bits per heavy atom. The maximum Gasteiger partial charge on any atom is 0.222 e. The maximum atomic E-state index is 13.5. The van der Waals surface area contributed by atoms with E-state index in [4.69, 9.17) is 0 Å². The number of benzene rings is 1. The smallest absolute Gasteiger partial charge is 0.222 e. The number of hydrogen-bond acceptors (Lipinski definition) is 3. The second-order valence-corrected chi connectivity index (χ2v) is 5.92. The van der Waals surface area contributed by atoms with Gasteiger partial charge in [-0.15, -0.1) is 0 Å². The van der Waals surface area contributed by atoms with Gasteiger partial charge in [-0.3, -0.25) is 4.79 Å². The van der Waals surface area contributed by atoms with Crippen LogP contribution in [0.3, 0.4) is 0 Å². The first-order valence-electron chi connectivity index (χ1n) is 7.52. The molecule has 0 heterocycles. The molecule has 1 aliphatic carbocycles. The molecule has 4 nitrogen and oxygen atoms in total. The van der Waals surface area contributed by atoms with Crippen LogP contribution in [0.15, 0.2) is 18.2 Å². The Morgan fingerprint density at radius 3 is 2.41 bits per heavy atom. The second kappa shape index (κ2) is 7.15. The number of aliphatic hydroxyl groups excluding tert-OH is 1. The van der Waals surface area contributed by atoms with E-state index < -0.39 is 34.8 Å². The number of rotatable bonds is 5. The van der Waals surface area contributed by atoms with Gasteiger partial charge in [-0.1, -0.05) is 25.3 Å². The third-order valence-electron chi connectivity index (χ3n) is 4.10. The first kappa shape index (κ1) is 16.8.